The molecule has 8 heteroatoms. The molecule has 2 aromatic heterocycles. The number of hydrogen-bond acceptors (Lipinski definition) is 6. The van der Waals surface area contributed by atoms with Crippen molar-refractivity contribution in [3.63, 3.8) is 0 Å². The van der Waals surface area contributed by atoms with Gasteiger partial charge in [-0.1, -0.05) is 23.9 Å². The van der Waals surface area contributed by atoms with Crippen molar-refractivity contribution < 1.29 is 14.3 Å². The average molecular weight is 435 g/mol. The number of ether oxygens (including phenoxy) is 2. The Hall–Kier alpha value is -3.52. The van der Waals surface area contributed by atoms with Crippen molar-refractivity contribution >= 4 is 23.2 Å². The van der Waals surface area contributed by atoms with E-state index >= 15 is 0 Å². The first-order valence-corrected chi connectivity index (χ1v) is 10.7. The van der Waals surface area contributed by atoms with Crippen LogP contribution in [0.5, 0.6) is 11.5 Å². The Morgan fingerprint density at radius 2 is 1.71 bits per heavy atom. The van der Waals surface area contributed by atoms with Gasteiger partial charge in [0.1, 0.15) is 16.5 Å². The number of hydrogen-bond donors (Lipinski definition) is 1. The summed E-state index contributed by atoms with van der Waals surface area (Å²) in [5, 5.41) is 8.32. The summed E-state index contributed by atoms with van der Waals surface area (Å²) in [7, 11) is 3.27. The Morgan fingerprint density at radius 3 is 2.39 bits per heavy atom. The van der Waals surface area contributed by atoms with Crippen molar-refractivity contribution in [3.05, 3.63) is 72.6 Å². The molecular weight excluding hydrogens is 412 g/mol. The molecule has 0 unspecified atom stereocenters. The molecule has 4 aromatic rings. The highest BCUT2D eigenvalue weighted by molar-refractivity contribution is 8.00. The van der Waals surface area contributed by atoms with Crippen LogP contribution >= 0.6 is 11.8 Å². The largest absolute Gasteiger partial charge is 0.497 e. The van der Waals surface area contributed by atoms with Gasteiger partial charge in [0.25, 0.3) is 0 Å². The zero-order valence-corrected chi connectivity index (χ0v) is 18.1. The highest BCUT2D eigenvalue weighted by Crippen LogP contribution is 2.27. The summed E-state index contributed by atoms with van der Waals surface area (Å²) in [6, 6.07) is 17.3. The smallest absolute Gasteiger partial charge is 0.230 e. The fourth-order valence-corrected chi connectivity index (χ4v) is 3.85. The van der Waals surface area contributed by atoms with Gasteiger partial charge in [0, 0.05) is 24.5 Å². The van der Waals surface area contributed by atoms with Crippen LogP contribution in [0.4, 0.5) is 0 Å². The third-order valence-electron chi connectivity index (χ3n) is 4.73. The molecule has 158 valence electrons. The van der Waals surface area contributed by atoms with E-state index in [9.17, 15) is 4.79 Å². The number of rotatable bonds is 8. The molecule has 0 spiro atoms. The van der Waals surface area contributed by atoms with E-state index in [1.165, 1.54) is 11.8 Å². The second-order valence-corrected chi connectivity index (χ2v) is 7.70. The third kappa shape index (κ3) is 4.97. The quantitative estimate of drug-likeness (QED) is 0.425. The van der Waals surface area contributed by atoms with E-state index in [2.05, 4.69) is 15.4 Å². The monoisotopic (exact) mass is 434 g/mol. The van der Waals surface area contributed by atoms with Crippen molar-refractivity contribution in [2.45, 2.75) is 11.6 Å². The number of thioether (sulfide) groups is 1. The van der Waals surface area contributed by atoms with E-state index in [0.29, 0.717) is 6.54 Å². The van der Waals surface area contributed by atoms with Gasteiger partial charge in [-0.25, -0.2) is 9.50 Å². The second kappa shape index (κ2) is 9.53. The van der Waals surface area contributed by atoms with Gasteiger partial charge in [-0.15, -0.1) is 0 Å². The normalized spacial score (nSPS) is 10.8. The Kier molecular flexibility index (Phi) is 6.37. The van der Waals surface area contributed by atoms with Gasteiger partial charge in [-0.3, -0.25) is 4.79 Å². The standard InChI is InChI=1S/C23H22N4O3S/c1-29-18-7-3-16(4-8-18)14-25-22(28)15-31-23-21-13-20(26-27(21)12-11-24-23)17-5-9-19(30-2)10-6-17/h3-13H,14-15H2,1-2H3,(H,25,28). The van der Waals surface area contributed by atoms with Crippen LogP contribution in [0.3, 0.4) is 0 Å². The lowest BCUT2D eigenvalue weighted by Crippen LogP contribution is -2.24. The van der Waals surface area contributed by atoms with E-state index in [4.69, 9.17) is 9.47 Å². The molecule has 0 atom stereocenters. The van der Waals surface area contributed by atoms with Crippen LogP contribution in [0.25, 0.3) is 16.8 Å². The second-order valence-electron chi connectivity index (χ2n) is 6.73. The Bertz CT molecular complexity index is 1170. The number of amides is 1. The summed E-state index contributed by atoms with van der Waals surface area (Å²) in [5.41, 5.74) is 3.69. The van der Waals surface area contributed by atoms with E-state index in [1.54, 1.807) is 31.1 Å². The number of benzene rings is 2. The lowest BCUT2D eigenvalue weighted by molar-refractivity contribution is -0.118. The van der Waals surface area contributed by atoms with Crippen LogP contribution in [-0.2, 0) is 11.3 Å². The zero-order valence-electron chi connectivity index (χ0n) is 17.2. The Morgan fingerprint density at radius 1 is 1.03 bits per heavy atom. The third-order valence-corrected chi connectivity index (χ3v) is 5.72. The first-order chi connectivity index (χ1) is 15.2. The fourth-order valence-electron chi connectivity index (χ4n) is 3.04. The summed E-state index contributed by atoms with van der Waals surface area (Å²) in [6.07, 6.45) is 3.49. The number of methoxy groups -OCH3 is 2. The number of carbonyl (C=O) groups is 1. The molecule has 0 saturated heterocycles. The molecule has 2 aromatic carbocycles. The van der Waals surface area contributed by atoms with Crippen LogP contribution in [0.15, 0.2) is 72.0 Å². The van der Waals surface area contributed by atoms with Crippen molar-refractivity contribution in [2.24, 2.45) is 0 Å². The zero-order chi connectivity index (χ0) is 21.6. The molecule has 0 saturated carbocycles. The number of aromatic nitrogens is 3. The molecule has 4 rings (SSSR count). The van der Waals surface area contributed by atoms with Crippen LogP contribution in [0.2, 0.25) is 0 Å². The number of nitrogens with zero attached hydrogens (tertiary/aromatic N) is 3. The molecule has 0 aliphatic rings. The van der Waals surface area contributed by atoms with Crippen LogP contribution in [-0.4, -0.2) is 40.5 Å². The van der Waals surface area contributed by atoms with Gasteiger partial charge in [0.05, 0.1) is 31.2 Å². The minimum atomic E-state index is -0.0560. The van der Waals surface area contributed by atoms with E-state index in [0.717, 1.165) is 38.9 Å². The highest BCUT2D eigenvalue weighted by atomic mass is 32.2. The molecule has 31 heavy (non-hydrogen) atoms. The van der Waals surface area contributed by atoms with Crippen molar-refractivity contribution in [2.75, 3.05) is 20.0 Å². The van der Waals surface area contributed by atoms with Crippen LogP contribution in [0, 0.1) is 0 Å². The average Bonchev–Trinajstić information content (AvgIpc) is 3.27. The van der Waals surface area contributed by atoms with Gasteiger partial charge in [0.2, 0.25) is 5.91 Å². The van der Waals surface area contributed by atoms with Gasteiger partial charge >= 0.3 is 0 Å². The van der Waals surface area contributed by atoms with E-state index in [1.807, 2.05) is 54.6 Å². The lowest BCUT2D eigenvalue weighted by Gasteiger charge is -2.06. The Balaban J connectivity index is 1.40. The van der Waals surface area contributed by atoms with Gasteiger partial charge in [0.15, 0.2) is 0 Å². The molecular formula is C23H22N4O3S. The lowest BCUT2D eigenvalue weighted by atomic mass is 10.1. The van der Waals surface area contributed by atoms with Gasteiger partial charge in [-0.05, 0) is 48.0 Å². The fraction of sp³-hybridized carbons (Fsp3) is 0.174. The maximum Gasteiger partial charge on any atom is 0.230 e. The van der Waals surface area contributed by atoms with Crippen LogP contribution in [0.1, 0.15) is 5.56 Å². The first-order valence-electron chi connectivity index (χ1n) is 9.67. The molecule has 0 bridgehead atoms. The maximum absolute atomic E-state index is 12.3. The van der Waals surface area contributed by atoms with Gasteiger partial charge in [-0.2, -0.15) is 5.10 Å². The summed E-state index contributed by atoms with van der Waals surface area (Å²) < 4.78 is 12.1. The number of nitrogens with one attached hydrogen (secondary N) is 1. The Labute approximate surface area is 184 Å². The van der Waals surface area contributed by atoms with Crippen LogP contribution < -0.4 is 14.8 Å². The number of fused-ring (bicyclic) bond motifs is 1. The van der Waals surface area contributed by atoms with Gasteiger partial charge < -0.3 is 14.8 Å². The first kappa shape index (κ1) is 20.7. The van der Waals surface area contributed by atoms with E-state index in [-0.39, 0.29) is 11.7 Å². The molecule has 1 N–H and O–H groups in total. The molecule has 0 radical (unpaired) electrons. The summed E-state index contributed by atoms with van der Waals surface area (Å²) >= 11 is 1.39. The minimum absolute atomic E-state index is 0.0560. The maximum atomic E-state index is 12.3. The molecule has 0 aliphatic heterocycles. The summed E-state index contributed by atoms with van der Waals surface area (Å²) in [5.74, 6) is 1.80. The molecule has 1 amide bonds. The molecule has 2 heterocycles. The summed E-state index contributed by atoms with van der Waals surface area (Å²) in [6.45, 7) is 0.468. The molecule has 7 nitrogen and oxygen atoms in total. The van der Waals surface area contributed by atoms with Crippen molar-refractivity contribution in [3.8, 4) is 22.8 Å². The number of carbonyl (C=O) groups excluding carboxylic acids is 1. The topological polar surface area (TPSA) is 77.8 Å². The predicted molar refractivity (Wildman–Crippen MR) is 121 cm³/mol. The van der Waals surface area contributed by atoms with Crippen molar-refractivity contribution in [1.82, 2.24) is 19.9 Å². The van der Waals surface area contributed by atoms with Crippen molar-refractivity contribution in [1.29, 1.82) is 0 Å². The summed E-state index contributed by atoms with van der Waals surface area (Å²) in [4.78, 5) is 16.8. The highest BCUT2D eigenvalue weighted by Gasteiger charge is 2.11. The van der Waals surface area contributed by atoms with E-state index < -0.39 is 0 Å². The minimum Gasteiger partial charge on any atom is -0.497 e. The SMILES string of the molecule is COc1ccc(CNC(=O)CSc2nccn3nc(-c4ccc(OC)cc4)cc23)cc1. The molecule has 0 fully saturated rings. The molecule has 0 aliphatic carbocycles. The predicted octanol–water partition coefficient (Wildman–Crippen LogP) is 3.82.